The van der Waals surface area contributed by atoms with E-state index in [2.05, 4.69) is 19.3 Å². The molecule has 194 valence electrons. The number of fused-ring (bicyclic) bond motifs is 2. The Morgan fingerprint density at radius 2 is 1.89 bits per heavy atom. The van der Waals surface area contributed by atoms with Gasteiger partial charge in [0.15, 0.2) is 11.6 Å². The van der Waals surface area contributed by atoms with E-state index >= 15 is 0 Å². The maximum absolute atomic E-state index is 14.0. The van der Waals surface area contributed by atoms with Gasteiger partial charge in [-0.15, -0.1) is 0 Å². The fourth-order valence-corrected chi connectivity index (χ4v) is 5.40. The summed E-state index contributed by atoms with van der Waals surface area (Å²) in [6.07, 6.45) is 7.34. The van der Waals surface area contributed by atoms with Crippen molar-refractivity contribution in [1.82, 2.24) is 14.9 Å². The summed E-state index contributed by atoms with van der Waals surface area (Å²) in [7, 11) is 0. The van der Waals surface area contributed by atoms with Gasteiger partial charge < -0.3 is 9.29 Å². The van der Waals surface area contributed by atoms with E-state index in [9.17, 15) is 13.3 Å². The molecule has 0 amide bonds. The summed E-state index contributed by atoms with van der Waals surface area (Å²) in [6, 6.07) is 9.32. The van der Waals surface area contributed by atoms with Crippen molar-refractivity contribution in [2.24, 2.45) is 4.40 Å². The Bertz CT molecular complexity index is 1300. The molecular formula is C28H30F2N4O2S. The van der Waals surface area contributed by atoms with Gasteiger partial charge in [-0.2, -0.15) is 0 Å². The first-order valence-corrected chi connectivity index (χ1v) is 13.5. The van der Waals surface area contributed by atoms with Gasteiger partial charge >= 0.3 is 0 Å². The van der Waals surface area contributed by atoms with E-state index < -0.39 is 27.7 Å². The van der Waals surface area contributed by atoms with Gasteiger partial charge in [-0.05, 0) is 75.1 Å². The van der Waals surface area contributed by atoms with Crippen LogP contribution in [0, 0.1) is 11.6 Å². The fraction of sp³-hybridized carbons (Fsp3) is 0.393. The Morgan fingerprint density at radius 3 is 2.57 bits per heavy atom. The maximum atomic E-state index is 14.0. The Labute approximate surface area is 219 Å². The molecule has 1 saturated heterocycles. The third-order valence-electron chi connectivity index (χ3n) is 6.93. The van der Waals surface area contributed by atoms with Crippen molar-refractivity contribution in [2.75, 3.05) is 13.1 Å². The predicted octanol–water partition coefficient (Wildman–Crippen LogP) is 5.08. The SMILES string of the molecule is CC(C)(C)[S+]([O-])N=C(c1ccc(F)c(F)c1)c1ccc(CN2CCC3(CC2)OCc2ccncc23)cn1. The van der Waals surface area contributed by atoms with Crippen LogP contribution in [0.5, 0.6) is 0 Å². The number of hydrogen-bond acceptors (Lipinski definition) is 6. The van der Waals surface area contributed by atoms with Crippen LogP contribution in [-0.2, 0) is 34.9 Å². The van der Waals surface area contributed by atoms with Crippen molar-refractivity contribution in [1.29, 1.82) is 0 Å². The first-order valence-electron chi connectivity index (χ1n) is 12.4. The molecule has 0 aliphatic carbocycles. The zero-order chi connectivity index (χ0) is 26.2. The number of likely N-dealkylation sites (tertiary alicyclic amines) is 1. The summed E-state index contributed by atoms with van der Waals surface area (Å²) in [6.45, 7) is 8.58. The van der Waals surface area contributed by atoms with E-state index in [0.717, 1.165) is 50.2 Å². The molecule has 0 radical (unpaired) electrons. The summed E-state index contributed by atoms with van der Waals surface area (Å²) in [4.78, 5) is 11.2. The Morgan fingerprint density at radius 1 is 1.11 bits per heavy atom. The lowest BCUT2D eigenvalue weighted by molar-refractivity contribution is -0.0800. The van der Waals surface area contributed by atoms with Crippen LogP contribution < -0.4 is 0 Å². The molecule has 2 aromatic heterocycles. The summed E-state index contributed by atoms with van der Waals surface area (Å²) in [5, 5.41) is 0. The van der Waals surface area contributed by atoms with Gasteiger partial charge in [0.2, 0.25) is 0 Å². The maximum Gasteiger partial charge on any atom is 0.159 e. The van der Waals surface area contributed by atoms with Gasteiger partial charge in [0.25, 0.3) is 0 Å². The topological polar surface area (TPSA) is 73.7 Å². The van der Waals surface area contributed by atoms with Crippen molar-refractivity contribution < 1.29 is 18.1 Å². The molecule has 1 spiro atoms. The molecule has 2 aliphatic heterocycles. The minimum Gasteiger partial charge on any atom is -0.591 e. The van der Waals surface area contributed by atoms with E-state index in [0.29, 0.717) is 17.9 Å². The predicted molar refractivity (Wildman–Crippen MR) is 139 cm³/mol. The highest BCUT2D eigenvalue weighted by molar-refractivity contribution is 7.91. The minimum atomic E-state index is -1.60. The second-order valence-corrected chi connectivity index (χ2v) is 12.5. The highest BCUT2D eigenvalue weighted by atomic mass is 32.2. The molecule has 4 heterocycles. The van der Waals surface area contributed by atoms with Crippen LogP contribution in [-0.4, -0.2) is 43.0 Å². The minimum absolute atomic E-state index is 0.235. The lowest BCUT2D eigenvalue weighted by atomic mass is 9.84. The number of rotatable bonds is 5. The molecule has 9 heteroatoms. The molecule has 5 rings (SSSR count). The molecule has 6 nitrogen and oxygen atoms in total. The van der Waals surface area contributed by atoms with E-state index in [1.54, 1.807) is 33.0 Å². The second-order valence-electron chi connectivity index (χ2n) is 10.6. The standard InChI is InChI=1S/C28H30F2N4O2S/c1-27(2,3)37(35)33-26(20-5-6-23(29)24(30)14-20)25-7-4-19(15-32-25)17-34-12-9-28(10-13-34)22-16-31-11-8-21(22)18-36-28/h4-8,11,14-16H,9-10,12-13,17-18H2,1-3H3. The largest absolute Gasteiger partial charge is 0.591 e. The molecule has 0 N–H and O–H groups in total. The molecule has 1 unspecified atom stereocenters. The van der Waals surface area contributed by atoms with Crippen LogP contribution in [0.1, 0.15) is 61.6 Å². The molecule has 3 aromatic rings. The highest BCUT2D eigenvalue weighted by Crippen LogP contribution is 2.43. The summed E-state index contributed by atoms with van der Waals surface area (Å²) in [5.41, 5.74) is 4.28. The van der Waals surface area contributed by atoms with Crippen molar-refractivity contribution in [3.63, 3.8) is 0 Å². The number of aromatic nitrogens is 2. The molecule has 1 aromatic carbocycles. The van der Waals surface area contributed by atoms with Crippen LogP contribution in [0.15, 0.2) is 59.4 Å². The van der Waals surface area contributed by atoms with E-state index in [-0.39, 0.29) is 11.3 Å². The summed E-state index contributed by atoms with van der Waals surface area (Å²) in [5.74, 6) is -1.94. The second kappa shape index (κ2) is 10.2. The first-order chi connectivity index (χ1) is 17.6. The number of pyridine rings is 2. The van der Waals surface area contributed by atoms with E-state index in [1.807, 2.05) is 24.5 Å². The Hall–Kier alpha value is -2.72. The number of nitrogens with zero attached hydrogens (tertiary/aromatic N) is 4. The zero-order valence-electron chi connectivity index (χ0n) is 21.2. The number of halogens is 2. The average molecular weight is 525 g/mol. The third-order valence-corrected chi connectivity index (χ3v) is 8.33. The van der Waals surface area contributed by atoms with Crippen LogP contribution in [0.4, 0.5) is 8.78 Å². The lowest BCUT2D eigenvalue weighted by Crippen LogP contribution is -2.42. The lowest BCUT2D eigenvalue weighted by Gasteiger charge is -2.39. The molecule has 0 saturated carbocycles. The van der Waals surface area contributed by atoms with Gasteiger partial charge in [-0.3, -0.25) is 14.9 Å². The Kier molecular flexibility index (Phi) is 7.15. The molecule has 2 aliphatic rings. The van der Waals surface area contributed by atoms with Gasteiger partial charge in [0.1, 0.15) is 21.8 Å². The van der Waals surface area contributed by atoms with Crippen molar-refractivity contribution >= 4 is 17.1 Å². The smallest absolute Gasteiger partial charge is 0.159 e. The number of hydrogen-bond donors (Lipinski definition) is 0. The molecule has 1 atom stereocenters. The van der Waals surface area contributed by atoms with Crippen LogP contribution in [0.2, 0.25) is 0 Å². The van der Waals surface area contributed by atoms with Crippen molar-refractivity contribution in [3.8, 4) is 0 Å². The highest BCUT2D eigenvalue weighted by Gasteiger charge is 2.42. The molecule has 0 bridgehead atoms. The number of piperidine rings is 1. The third kappa shape index (κ3) is 5.45. The normalized spacial score (nSPS) is 18.7. The van der Waals surface area contributed by atoms with Crippen LogP contribution in [0.3, 0.4) is 0 Å². The average Bonchev–Trinajstić information content (AvgIpc) is 3.24. The Balaban J connectivity index is 1.31. The summed E-state index contributed by atoms with van der Waals surface area (Å²) < 4.78 is 50.3. The monoisotopic (exact) mass is 524 g/mol. The van der Waals surface area contributed by atoms with Gasteiger partial charge in [-0.25, -0.2) is 8.78 Å². The summed E-state index contributed by atoms with van der Waals surface area (Å²) >= 11 is -1.60. The van der Waals surface area contributed by atoms with Gasteiger partial charge in [0.05, 0.1) is 17.9 Å². The molecule has 37 heavy (non-hydrogen) atoms. The molecular weight excluding hydrogens is 494 g/mol. The number of ether oxygens (including phenoxy) is 1. The van der Waals surface area contributed by atoms with E-state index in [1.165, 1.54) is 17.2 Å². The van der Waals surface area contributed by atoms with Crippen LogP contribution >= 0.6 is 0 Å². The molecule has 1 fully saturated rings. The van der Waals surface area contributed by atoms with Crippen LogP contribution in [0.25, 0.3) is 0 Å². The van der Waals surface area contributed by atoms with Crippen molar-refractivity contribution in [2.45, 2.75) is 57.1 Å². The van der Waals surface area contributed by atoms with Gasteiger partial charge in [0, 0.05) is 49.4 Å². The zero-order valence-corrected chi connectivity index (χ0v) is 22.0. The fourth-order valence-electron chi connectivity index (χ4n) is 4.77. The van der Waals surface area contributed by atoms with E-state index in [4.69, 9.17) is 4.74 Å². The quantitative estimate of drug-likeness (QED) is 0.344. The number of benzene rings is 1. The van der Waals surface area contributed by atoms with Gasteiger partial charge in [-0.1, -0.05) is 10.5 Å². The van der Waals surface area contributed by atoms with Crippen molar-refractivity contribution in [3.05, 3.63) is 94.6 Å². The first kappa shape index (κ1) is 25.9.